The highest BCUT2D eigenvalue weighted by Gasteiger charge is 2.44. The predicted octanol–water partition coefficient (Wildman–Crippen LogP) is 7.04. The summed E-state index contributed by atoms with van der Waals surface area (Å²) in [5.41, 5.74) is 6.30. The number of phenols is 4. The van der Waals surface area contributed by atoms with Gasteiger partial charge in [0.15, 0.2) is 0 Å². The highest BCUT2D eigenvalue weighted by atomic mass is 16.3. The lowest BCUT2D eigenvalue weighted by Crippen LogP contribution is -2.36. The van der Waals surface area contributed by atoms with Crippen molar-refractivity contribution in [3.8, 4) is 23.0 Å². The van der Waals surface area contributed by atoms with Gasteiger partial charge in [0.1, 0.15) is 28.6 Å². The van der Waals surface area contributed by atoms with Crippen molar-refractivity contribution in [1.29, 1.82) is 0 Å². The van der Waals surface area contributed by atoms with Gasteiger partial charge in [-0.05, 0) is 146 Å². The summed E-state index contributed by atoms with van der Waals surface area (Å²) in [5, 5.41) is 55.6. The number of hydrogen-bond donors (Lipinski definition) is 5. The second kappa shape index (κ2) is 9.97. The molecule has 0 spiro atoms. The van der Waals surface area contributed by atoms with Gasteiger partial charge in [-0.2, -0.15) is 0 Å². The van der Waals surface area contributed by atoms with Gasteiger partial charge in [-0.1, -0.05) is 24.3 Å². The Kier molecular flexibility index (Phi) is 7.18. The highest BCUT2D eigenvalue weighted by Crippen LogP contribution is 2.50. The molecular formula is C34H38O5. The number of phenolic OH excluding ortho intramolecular Hbond substituents is 4. The first-order valence-electron chi connectivity index (χ1n) is 13.1. The van der Waals surface area contributed by atoms with Crippen LogP contribution in [0.5, 0.6) is 23.0 Å². The van der Waals surface area contributed by atoms with Crippen molar-refractivity contribution in [3.05, 3.63) is 115 Å². The minimum Gasteiger partial charge on any atom is -0.507 e. The van der Waals surface area contributed by atoms with E-state index >= 15 is 0 Å². The summed E-state index contributed by atoms with van der Waals surface area (Å²) in [6, 6.07) is 14.7. The lowest BCUT2D eigenvalue weighted by atomic mass is 9.68. The van der Waals surface area contributed by atoms with Crippen molar-refractivity contribution in [3.63, 3.8) is 0 Å². The summed E-state index contributed by atoms with van der Waals surface area (Å²) in [7, 11) is 0. The number of hydrogen-bond acceptors (Lipinski definition) is 5. The molecule has 39 heavy (non-hydrogen) atoms. The van der Waals surface area contributed by atoms with Gasteiger partial charge >= 0.3 is 0 Å². The van der Waals surface area contributed by atoms with Crippen molar-refractivity contribution in [1.82, 2.24) is 0 Å². The molecule has 5 N–H and O–H groups in total. The van der Waals surface area contributed by atoms with Crippen LogP contribution in [0.15, 0.2) is 48.5 Å². The van der Waals surface area contributed by atoms with Crippen LogP contribution in [0.25, 0.3) is 0 Å². The molecule has 0 aliphatic heterocycles. The fraction of sp³-hybridized carbons (Fsp3) is 0.294. The fourth-order valence-corrected chi connectivity index (χ4v) is 5.84. The van der Waals surface area contributed by atoms with Gasteiger partial charge in [-0.25, -0.2) is 0 Å². The van der Waals surface area contributed by atoms with Gasteiger partial charge < -0.3 is 25.5 Å². The van der Waals surface area contributed by atoms with Crippen LogP contribution in [0.4, 0.5) is 0 Å². The van der Waals surface area contributed by atoms with E-state index in [-0.39, 0.29) is 23.0 Å². The van der Waals surface area contributed by atoms with Crippen molar-refractivity contribution >= 4 is 0 Å². The SMILES string of the molecule is Cc1cc(C(c2cc(C)c(O)c(C)c2)C(O)(c2cc(C)c(O)c(C)c2)c2cc(C)c(O)c(C)c2)cc(C)c1O. The molecule has 4 rings (SSSR count). The molecule has 0 fully saturated rings. The topological polar surface area (TPSA) is 101 Å². The first-order valence-corrected chi connectivity index (χ1v) is 13.1. The standard InChI is InChI=1S/C34H38O5/c1-17-9-25(10-18(2)30(17)35)29(26-11-19(3)31(36)20(4)12-26)34(39,27-13-21(5)32(37)22(6)14-27)28-15-23(7)33(38)24(8)16-28/h9-16,29,35-39H,1-8H3. The number of aliphatic hydroxyl groups is 1. The summed E-state index contributed by atoms with van der Waals surface area (Å²) < 4.78 is 0. The van der Waals surface area contributed by atoms with Gasteiger partial charge in [-0.15, -0.1) is 0 Å². The number of benzene rings is 4. The summed E-state index contributed by atoms with van der Waals surface area (Å²) in [5.74, 6) is 0.0606. The summed E-state index contributed by atoms with van der Waals surface area (Å²) >= 11 is 0. The Balaban J connectivity index is 2.21. The molecule has 0 radical (unpaired) electrons. The van der Waals surface area contributed by atoms with Crippen molar-refractivity contribution in [2.24, 2.45) is 0 Å². The molecule has 0 amide bonds. The molecule has 0 aliphatic rings. The van der Waals surface area contributed by atoms with Crippen molar-refractivity contribution in [2.75, 3.05) is 0 Å². The Labute approximate surface area is 230 Å². The van der Waals surface area contributed by atoms with Gasteiger partial charge in [0.05, 0.1) is 0 Å². The maximum atomic E-state index is 13.2. The molecule has 0 saturated carbocycles. The third kappa shape index (κ3) is 4.72. The monoisotopic (exact) mass is 526 g/mol. The van der Waals surface area contributed by atoms with E-state index in [0.29, 0.717) is 55.6 Å². The quantitative estimate of drug-likeness (QED) is 0.192. The Bertz CT molecular complexity index is 1390. The van der Waals surface area contributed by atoms with Crippen LogP contribution in [-0.4, -0.2) is 25.5 Å². The van der Waals surface area contributed by atoms with Crippen LogP contribution in [0.2, 0.25) is 0 Å². The van der Waals surface area contributed by atoms with Crippen LogP contribution in [0.1, 0.15) is 72.7 Å². The molecule has 204 valence electrons. The lowest BCUT2D eigenvalue weighted by Gasteiger charge is -2.40. The first kappa shape index (κ1) is 28.1. The van der Waals surface area contributed by atoms with Gasteiger partial charge in [0, 0.05) is 5.92 Å². The molecule has 0 aromatic heterocycles. The van der Waals surface area contributed by atoms with Gasteiger partial charge in [0.25, 0.3) is 0 Å². The van der Waals surface area contributed by atoms with Crippen LogP contribution in [0.3, 0.4) is 0 Å². The zero-order chi connectivity index (χ0) is 29.0. The van der Waals surface area contributed by atoms with E-state index in [1.807, 2.05) is 52.0 Å². The molecule has 5 heteroatoms. The number of aryl methyl sites for hydroxylation is 8. The maximum absolute atomic E-state index is 13.2. The fourth-order valence-electron chi connectivity index (χ4n) is 5.84. The summed E-state index contributed by atoms with van der Waals surface area (Å²) in [6.45, 7) is 14.5. The molecule has 5 nitrogen and oxygen atoms in total. The van der Waals surface area contributed by atoms with Crippen molar-refractivity contribution in [2.45, 2.75) is 66.9 Å². The van der Waals surface area contributed by atoms with E-state index in [4.69, 9.17) is 0 Å². The van der Waals surface area contributed by atoms with E-state index in [1.54, 1.807) is 52.0 Å². The number of rotatable bonds is 5. The minimum absolute atomic E-state index is 0.170. The van der Waals surface area contributed by atoms with E-state index in [0.717, 1.165) is 11.1 Å². The molecule has 4 aromatic rings. The molecule has 0 heterocycles. The molecule has 0 aliphatic carbocycles. The predicted molar refractivity (Wildman–Crippen MR) is 155 cm³/mol. The van der Waals surface area contributed by atoms with Crippen LogP contribution in [0, 0.1) is 55.4 Å². The molecule has 4 aromatic carbocycles. The Morgan fingerprint density at radius 2 is 0.615 bits per heavy atom. The molecule has 0 unspecified atom stereocenters. The molecule has 0 bridgehead atoms. The third-order valence-electron chi connectivity index (χ3n) is 7.97. The van der Waals surface area contributed by atoms with E-state index in [1.165, 1.54) is 0 Å². The smallest absolute Gasteiger partial charge is 0.125 e. The summed E-state index contributed by atoms with van der Waals surface area (Å²) in [4.78, 5) is 0. The van der Waals surface area contributed by atoms with E-state index < -0.39 is 11.5 Å². The normalized spacial score (nSPS) is 11.8. The average Bonchev–Trinajstić information content (AvgIpc) is 2.86. The Hall–Kier alpha value is -3.96. The second-order valence-corrected chi connectivity index (χ2v) is 11.1. The molecular weight excluding hydrogens is 488 g/mol. The van der Waals surface area contributed by atoms with E-state index in [2.05, 4.69) is 0 Å². The largest absolute Gasteiger partial charge is 0.507 e. The second-order valence-electron chi connectivity index (χ2n) is 11.1. The minimum atomic E-state index is -1.67. The van der Waals surface area contributed by atoms with Crippen LogP contribution < -0.4 is 0 Å². The van der Waals surface area contributed by atoms with Crippen LogP contribution in [-0.2, 0) is 5.60 Å². The third-order valence-corrected chi connectivity index (χ3v) is 7.97. The number of aromatic hydroxyl groups is 4. The first-order chi connectivity index (χ1) is 18.2. The lowest BCUT2D eigenvalue weighted by molar-refractivity contribution is 0.0620. The highest BCUT2D eigenvalue weighted by molar-refractivity contribution is 5.58. The zero-order valence-electron chi connectivity index (χ0n) is 23.9. The van der Waals surface area contributed by atoms with Gasteiger partial charge in [-0.3, -0.25) is 0 Å². The zero-order valence-corrected chi connectivity index (χ0v) is 23.9. The Morgan fingerprint density at radius 3 is 0.846 bits per heavy atom. The maximum Gasteiger partial charge on any atom is 0.125 e. The average molecular weight is 527 g/mol. The molecule has 0 saturated heterocycles. The van der Waals surface area contributed by atoms with Gasteiger partial charge in [0.2, 0.25) is 0 Å². The van der Waals surface area contributed by atoms with Crippen molar-refractivity contribution < 1.29 is 25.5 Å². The summed E-state index contributed by atoms with van der Waals surface area (Å²) in [6.07, 6.45) is 0. The Morgan fingerprint density at radius 1 is 0.410 bits per heavy atom. The molecule has 0 atom stereocenters. The van der Waals surface area contributed by atoms with E-state index in [9.17, 15) is 25.5 Å². The van der Waals surface area contributed by atoms with Crippen LogP contribution >= 0.6 is 0 Å².